The van der Waals surface area contributed by atoms with Crippen LogP contribution in [0, 0.1) is 0 Å². The summed E-state index contributed by atoms with van der Waals surface area (Å²) in [7, 11) is 0. The van der Waals surface area contributed by atoms with Crippen LogP contribution >= 0.6 is 11.3 Å². The maximum absolute atomic E-state index is 5.18. The van der Waals surface area contributed by atoms with Crippen molar-refractivity contribution in [3.05, 3.63) is 170 Å². The second kappa shape index (κ2) is 11.2. The van der Waals surface area contributed by atoms with Gasteiger partial charge in [-0.2, -0.15) is 0 Å². The van der Waals surface area contributed by atoms with Crippen LogP contribution < -0.4 is 0 Å². The van der Waals surface area contributed by atoms with E-state index in [1.165, 1.54) is 53.2 Å². The molecule has 0 atom stereocenters. The summed E-state index contributed by atoms with van der Waals surface area (Å²) in [6.45, 7) is 0. The predicted octanol–water partition coefficient (Wildman–Crippen LogP) is 13.0. The second-order valence-electron chi connectivity index (χ2n) is 12.6. The Morgan fingerprint density at radius 2 is 0.796 bits per heavy atom. The molecule has 228 valence electrons. The fourth-order valence-electron chi connectivity index (χ4n) is 7.04. The Morgan fingerprint density at radius 1 is 0.306 bits per heavy atom. The minimum absolute atomic E-state index is 0.926. The van der Waals surface area contributed by atoms with Crippen LogP contribution in [0.3, 0.4) is 0 Å². The molecule has 10 aromatic rings. The zero-order valence-corrected chi connectivity index (χ0v) is 27.3. The Kier molecular flexibility index (Phi) is 6.39. The molecule has 0 fully saturated rings. The van der Waals surface area contributed by atoms with Gasteiger partial charge in [0.25, 0.3) is 0 Å². The highest BCUT2D eigenvalue weighted by Gasteiger charge is 2.11. The highest BCUT2D eigenvalue weighted by atomic mass is 32.1. The van der Waals surface area contributed by atoms with Gasteiger partial charge in [-0.25, -0.2) is 9.97 Å². The number of nitrogens with zero attached hydrogens (tertiary/aromatic N) is 2. The minimum Gasteiger partial charge on any atom is -0.245 e. The van der Waals surface area contributed by atoms with Gasteiger partial charge in [0.1, 0.15) is 0 Å². The lowest BCUT2D eigenvalue weighted by Gasteiger charge is -2.10. The number of fused-ring (bicyclic) bond motifs is 7. The third-order valence-electron chi connectivity index (χ3n) is 9.65. The zero-order chi connectivity index (χ0) is 32.3. The zero-order valence-electron chi connectivity index (χ0n) is 26.5. The number of rotatable bonds is 4. The Labute approximate surface area is 287 Å². The van der Waals surface area contributed by atoms with Gasteiger partial charge in [0, 0.05) is 42.1 Å². The molecule has 10 rings (SSSR count). The number of hydrogen-bond donors (Lipinski definition) is 0. The van der Waals surface area contributed by atoms with Gasteiger partial charge < -0.3 is 0 Å². The third kappa shape index (κ3) is 4.86. The quantitative estimate of drug-likeness (QED) is 0.179. The SMILES string of the molecule is c1ccc(-c2ccc3ccc4ccc(-c5ccc6cc(-c7ccc(-c8ccc9sc%10ccccc%10c9c8)cc7)ccc6c5)nc4c3n2)cc1. The van der Waals surface area contributed by atoms with Crippen molar-refractivity contribution in [3.8, 4) is 44.8 Å². The molecule has 0 N–H and O–H groups in total. The van der Waals surface area contributed by atoms with Gasteiger partial charge in [-0.05, 0) is 75.5 Å². The lowest BCUT2D eigenvalue weighted by atomic mass is 9.96. The van der Waals surface area contributed by atoms with Crippen LogP contribution in [-0.2, 0) is 0 Å². The van der Waals surface area contributed by atoms with Gasteiger partial charge in [-0.1, -0.05) is 127 Å². The predicted molar refractivity (Wildman–Crippen MR) is 209 cm³/mol. The summed E-state index contributed by atoms with van der Waals surface area (Å²) in [6.07, 6.45) is 0. The molecule has 0 amide bonds. The number of hydrogen-bond acceptors (Lipinski definition) is 3. The summed E-state index contributed by atoms with van der Waals surface area (Å²) in [5.74, 6) is 0. The topological polar surface area (TPSA) is 25.8 Å². The van der Waals surface area contributed by atoms with E-state index in [1.54, 1.807) is 0 Å². The van der Waals surface area contributed by atoms with E-state index in [4.69, 9.17) is 9.97 Å². The van der Waals surface area contributed by atoms with Crippen molar-refractivity contribution in [2.75, 3.05) is 0 Å². The molecule has 7 aromatic carbocycles. The molecular formula is C46H28N2S. The second-order valence-corrected chi connectivity index (χ2v) is 13.7. The van der Waals surface area contributed by atoms with Gasteiger partial charge in [0.2, 0.25) is 0 Å². The number of pyridine rings is 2. The van der Waals surface area contributed by atoms with Crippen LogP contribution in [0.15, 0.2) is 170 Å². The van der Waals surface area contributed by atoms with E-state index >= 15 is 0 Å². The van der Waals surface area contributed by atoms with E-state index in [9.17, 15) is 0 Å². The third-order valence-corrected chi connectivity index (χ3v) is 10.8. The highest BCUT2D eigenvalue weighted by Crippen LogP contribution is 2.37. The first kappa shape index (κ1) is 27.9. The summed E-state index contributed by atoms with van der Waals surface area (Å²) in [4.78, 5) is 10.3. The Hall–Kier alpha value is -6.16. The van der Waals surface area contributed by atoms with Crippen molar-refractivity contribution in [1.82, 2.24) is 9.97 Å². The number of benzene rings is 7. The van der Waals surface area contributed by atoms with Crippen LogP contribution in [0.5, 0.6) is 0 Å². The van der Waals surface area contributed by atoms with E-state index < -0.39 is 0 Å². The molecule has 0 saturated heterocycles. The monoisotopic (exact) mass is 640 g/mol. The van der Waals surface area contributed by atoms with Crippen molar-refractivity contribution < 1.29 is 0 Å². The van der Waals surface area contributed by atoms with E-state index in [1.807, 2.05) is 29.5 Å². The van der Waals surface area contributed by atoms with Crippen LogP contribution in [0.25, 0.3) is 97.5 Å². The van der Waals surface area contributed by atoms with Gasteiger partial charge in [-0.3, -0.25) is 0 Å². The number of thiophene rings is 1. The largest absolute Gasteiger partial charge is 0.245 e. The number of aromatic nitrogens is 2. The van der Waals surface area contributed by atoms with Gasteiger partial charge in [0.15, 0.2) is 0 Å². The summed E-state index contributed by atoms with van der Waals surface area (Å²) in [6, 6.07) is 60.9. The lowest BCUT2D eigenvalue weighted by Crippen LogP contribution is -1.91. The van der Waals surface area contributed by atoms with Crippen LogP contribution in [0.1, 0.15) is 0 Å². The smallest absolute Gasteiger partial charge is 0.0972 e. The van der Waals surface area contributed by atoms with Gasteiger partial charge in [-0.15, -0.1) is 11.3 Å². The summed E-state index contributed by atoms with van der Waals surface area (Å²) in [5, 5.41) is 7.25. The molecule has 3 aromatic heterocycles. The minimum atomic E-state index is 0.926. The van der Waals surface area contributed by atoms with Crippen molar-refractivity contribution in [1.29, 1.82) is 0 Å². The van der Waals surface area contributed by atoms with Gasteiger partial charge >= 0.3 is 0 Å². The molecule has 0 saturated carbocycles. The van der Waals surface area contributed by atoms with Crippen molar-refractivity contribution in [2.45, 2.75) is 0 Å². The van der Waals surface area contributed by atoms with Crippen LogP contribution in [0.4, 0.5) is 0 Å². The van der Waals surface area contributed by atoms with Crippen LogP contribution in [-0.4, -0.2) is 9.97 Å². The molecule has 0 aliphatic carbocycles. The summed E-state index contributed by atoms with van der Waals surface area (Å²) in [5.41, 5.74) is 10.9. The molecule has 0 aliphatic heterocycles. The van der Waals surface area contributed by atoms with Crippen molar-refractivity contribution in [3.63, 3.8) is 0 Å². The fraction of sp³-hybridized carbons (Fsp3) is 0. The maximum Gasteiger partial charge on any atom is 0.0972 e. The van der Waals surface area contributed by atoms with E-state index in [2.05, 4.69) is 152 Å². The molecule has 0 aliphatic rings. The Bertz CT molecular complexity index is 2870. The van der Waals surface area contributed by atoms with E-state index in [-0.39, 0.29) is 0 Å². The molecule has 0 spiro atoms. The average molecular weight is 641 g/mol. The van der Waals surface area contributed by atoms with Crippen molar-refractivity contribution >= 4 is 64.1 Å². The first-order valence-electron chi connectivity index (χ1n) is 16.6. The normalized spacial score (nSPS) is 11.7. The lowest BCUT2D eigenvalue weighted by molar-refractivity contribution is 1.37. The van der Waals surface area contributed by atoms with Crippen molar-refractivity contribution in [2.24, 2.45) is 0 Å². The average Bonchev–Trinajstić information content (AvgIpc) is 3.55. The van der Waals surface area contributed by atoms with Gasteiger partial charge in [0.05, 0.1) is 22.4 Å². The molecule has 3 heterocycles. The summed E-state index contributed by atoms with van der Waals surface area (Å²) >= 11 is 1.86. The van der Waals surface area contributed by atoms with Crippen LogP contribution in [0.2, 0.25) is 0 Å². The first-order valence-corrected chi connectivity index (χ1v) is 17.4. The molecule has 0 unspecified atom stereocenters. The molecule has 0 bridgehead atoms. The Morgan fingerprint density at radius 3 is 1.51 bits per heavy atom. The Balaban J connectivity index is 0.967. The first-order chi connectivity index (χ1) is 24.2. The molecule has 2 nitrogen and oxygen atoms in total. The molecule has 0 radical (unpaired) electrons. The molecule has 3 heteroatoms. The summed E-state index contributed by atoms with van der Waals surface area (Å²) < 4.78 is 2.67. The van der Waals surface area contributed by atoms with E-state index in [0.717, 1.165) is 44.3 Å². The standard InChI is InChI=1S/C46H28N2S/c1-2-6-31(7-3-1)41-23-20-32-14-15-33-21-24-42(48-46(33)45(32)47-41)38-19-18-35-26-34(16-17-36(35)27-38)29-10-12-30(13-11-29)37-22-25-44-40(28-37)39-8-4-5-9-43(39)49-44/h1-28H. The molecular weight excluding hydrogens is 613 g/mol. The highest BCUT2D eigenvalue weighted by molar-refractivity contribution is 7.25. The fourth-order valence-corrected chi connectivity index (χ4v) is 8.13. The maximum atomic E-state index is 5.18. The molecule has 49 heavy (non-hydrogen) atoms. The van der Waals surface area contributed by atoms with E-state index in [0.29, 0.717) is 0 Å².